The Hall–Kier alpha value is -3.39. The SMILES string of the molecule is CCCn1c(=O)c2ccccc2n2c(SCc3cc(=O)oc4cc(CC)ccc34)nnc12. The summed E-state index contributed by atoms with van der Waals surface area (Å²) < 4.78 is 9.04. The van der Waals surface area contributed by atoms with Gasteiger partial charge in [-0.25, -0.2) is 4.79 Å². The van der Waals surface area contributed by atoms with E-state index < -0.39 is 0 Å². The number of hydrogen-bond donors (Lipinski definition) is 0. The Labute approximate surface area is 187 Å². The molecule has 3 aromatic heterocycles. The van der Waals surface area contributed by atoms with Crippen LogP contribution in [0.1, 0.15) is 31.4 Å². The number of fused-ring (bicyclic) bond motifs is 4. The van der Waals surface area contributed by atoms with Gasteiger partial charge in [-0.3, -0.25) is 13.8 Å². The van der Waals surface area contributed by atoms with E-state index in [1.165, 1.54) is 17.8 Å². The zero-order chi connectivity index (χ0) is 22.2. The van der Waals surface area contributed by atoms with Crippen molar-refractivity contribution >= 4 is 39.4 Å². The van der Waals surface area contributed by atoms with Crippen LogP contribution in [0.3, 0.4) is 0 Å². The smallest absolute Gasteiger partial charge is 0.336 e. The molecule has 8 heteroatoms. The van der Waals surface area contributed by atoms with Gasteiger partial charge < -0.3 is 4.42 Å². The lowest BCUT2D eigenvalue weighted by Crippen LogP contribution is -2.23. The normalized spacial score (nSPS) is 11.7. The molecule has 0 saturated heterocycles. The van der Waals surface area contributed by atoms with Gasteiger partial charge in [0.05, 0.1) is 10.9 Å². The highest BCUT2D eigenvalue weighted by Crippen LogP contribution is 2.28. The molecule has 0 bridgehead atoms. The van der Waals surface area contributed by atoms with Crippen molar-refractivity contribution < 1.29 is 4.42 Å². The molecule has 0 aliphatic carbocycles. The first-order valence-electron chi connectivity index (χ1n) is 10.7. The summed E-state index contributed by atoms with van der Waals surface area (Å²) in [6.45, 7) is 4.66. The molecule has 0 N–H and O–H groups in total. The number of rotatable bonds is 6. The Morgan fingerprint density at radius 2 is 1.84 bits per heavy atom. The molecule has 0 amide bonds. The van der Waals surface area contributed by atoms with Crippen molar-refractivity contribution in [2.45, 2.75) is 44.1 Å². The van der Waals surface area contributed by atoms with E-state index in [0.717, 1.165) is 34.9 Å². The van der Waals surface area contributed by atoms with Gasteiger partial charge in [0.2, 0.25) is 5.78 Å². The molecule has 162 valence electrons. The molecule has 0 aliphatic rings. The number of aromatic nitrogens is 4. The quantitative estimate of drug-likeness (QED) is 0.284. The highest BCUT2D eigenvalue weighted by Gasteiger charge is 2.17. The summed E-state index contributed by atoms with van der Waals surface area (Å²) in [7, 11) is 0. The fraction of sp³-hybridized carbons (Fsp3) is 0.250. The Balaban J connectivity index is 1.62. The van der Waals surface area contributed by atoms with Crippen molar-refractivity contribution in [1.29, 1.82) is 0 Å². The number of aryl methyl sites for hydroxylation is 2. The Bertz CT molecular complexity index is 1580. The van der Waals surface area contributed by atoms with Gasteiger partial charge in [0.1, 0.15) is 5.58 Å². The van der Waals surface area contributed by atoms with Crippen LogP contribution in [-0.2, 0) is 18.7 Å². The molecule has 2 aromatic carbocycles. The Morgan fingerprint density at radius 1 is 1.00 bits per heavy atom. The van der Waals surface area contributed by atoms with E-state index in [0.29, 0.717) is 34.2 Å². The maximum absolute atomic E-state index is 13.0. The minimum absolute atomic E-state index is 0.0581. The standard InChI is InChI=1S/C24H22N4O3S/c1-3-11-27-22(30)18-7-5-6-8-19(18)28-23(27)25-26-24(28)32-14-16-13-21(29)31-20-12-15(4-2)9-10-17(16)20/h5-10,12-13H,3-4,11,14H2,1-2H3. The highest BCUT2D eigenvalue weighted by atomic mass is 32.2. The van der Waals surface area contributed by atoms with Gasteiger partial charge in [0.25, 0.3) is 5.56 Å². The van der Waals surface area contributed by atoms with Crippen LogP contribution in [0.25, 0.3) is 27.6 Å². The predicted molar refractivity (Wildman–Crippen MR) is 126 cm³/mol. The number of para-hydroxylation sites is 1. The van der Waals surface area contributed by atoms with E-state index >= 15 is 0 Å². The first-order valence-corrected chi connectivity index (χ1v) is 11.6. The van der Waals surface area contributed by atoms with Gasteiger partial charge in [-0.05, 0) is 42.2 Å². The third-order valence-corrected chi connectivity index (χ3v) is 6.56. The molecule has 0 unspecified atom stereocenters. The van der Waals surface area contributed by atoms with Gasteiger partial charge in [0, 0.05) is 23.8 Å². The number of benzene rings is 2. The summed E-state index contributed by atoms with van der Waals surface area (Å²) in [5.41, 5.74) is 2.95. The number of nitrogens with zero attached hydrogens (tertiary/aromatic N) is 4. The van der Waals surface area contributed by atoms with Crippen LogP contribution >= 0.6 is 11.8 Å². The second-order valence-corrected chi connectivity index (χ2v) is 8.60. The van der Waals surface area contributed by atoms with E-state index in [1.807, 2.05) is 47.7 Å². The van der Waals surface area contributed by atoms with Gasteiger partial charge >= 0.3 is 5.63 Å². The Morgan fingerprint density at radius 3 is 2.66 bits per heavy atom. The molecule has 5 aromatic rings. The van der Waals surface area contributed by atoms with Crippen LogP contribution in [0.4, 0.5) is 0 Å². The summed E-state index contributed by atoms with van der Waals surface area (Å²) in [4.78, 5) is 25.1. The molecule has 32 heavy (non-hydrogen) atoms. The molecular formula is C24H22N4O3S. The van der Waals surface area contributed by atoms with Crippen LogP contribution in [0.15, 0.2) is 67.7 Å². The van der Waals surface area contributed by atoms with Crippen molar-refractivity contribution in [1.82, 2.24) is 19.2 Å². The minimum atomic E-state index is -0.366. The van der Waals surface area contributed by atoms with Crippen LogP contribution < -0.4 is 11.2 Å². The van der Waals surface area contributed by atoms with E-state index in [4.69, 9.17) is 4.42 Å². The van der Waals surface area contributed by atoms with E-state index in [1.54, 1.807) is 4.57 Å². The highest BCUT2D eigenvalue weighted by molar-refractivity contribution is 7.98. The molecule has 0 saturated carbocycles. The average molecular weight is 447 g/mol. The molecule has 7 nitrogen and oxygen atoms in total. The molecule has 3 heterocycles. The largest absolute Gasteiger partial charge is 0.423 e. The first kappa shape index (κ1) is 20.5. The topological polar surface area (TPSA) is 82.4 Å². The lowest BCUT2D eigenvalue weighted by Gasteiger charge is -2.10. The van der Waals surface area contributed by atoms with Gasteiger partial charge in [0.15, 0.2) is 5.16 Å². The minimum Gasteiger partial charge on any atom is -0.423 e. The lowest BCUT2D eigenvalue weighted by atomic mass is 10.1. The maximum atomic E-state index is 13.0. The van der Waals surface area contributed by atoms with E-state index in [9.17, 15) is 9.59 Å². The number of hydrogen-bond acceptors (Lipinski definition) is 6. The third kappa shape index (κ3) is 3.40. The summed E-state index contributed by atoms with van der Waals surface area (Å²) in [5, 5.41) is 10.9. The fourth-order valence-corrected chi connectivity index (χ4v) is 4.94. The van der Waals surface area contributed by atoms with Crippen LogP contribution in [0.2, 0.25) is 0 Å². The molecule has 0 atom stereocenters. The molecule has 0 radical (unpaired) electrons. The molecule has 5 rings (SSSR count). The van der Waals surface area contributed by atoms with Crippen molar-refractivity contribution in [2.75, 3.05) is 0 Å². The van der Waals surface area contributed by atoms with Crippen LogP contribution in [-0.4, -0.2) is 19.2 Å². The molecule has 0 fully saturated rings. The van der Waals surface area contributed by atoms with Crippen molar-refractivity contribution in [3.05, 3.63) is 80.4 Å². The second-order valence-electron chi connectivity index (χ2n) is 7.66. The van der Waals surface area contributed by atoms with Gasteiger partial charge in [-0.2, -0.15) is 0 Å². The van der Waals surface area contributed by atoms with Crippen LogP contribution in [0.5, 0.6) is 0 Å². The number of thioether (sulfide) groups is 1. The zero-order valence-electron chi connectivity index (χ0n) is 17.9. The summed E-state index contributed by atoms with van der Waals surface area (Å²) in [6.07, 6.45) is 1.69. The van der Waals surface area contributed by atoms with E-state index in [2.05, 4.69) is 23.2 Å². The summed E-state index contributed by atoms with van der Waals surface area (Å²) >= 11 is 1.48. The van der Waals surface area contributed by atoms with Crippen LogP contribution in [0, 0.1) is 0 Å². The van der Waals surface area contributed by atoms with Crippen molar-refractivity contribution in [3.63, 3.8) is 0 Å². The van der Waals surface area contributed by atoms with E-state index in [-0.39, 0.29) is 11.2 Å². The summed E-state index contributed by atoms with van der Waals surface area (Å²) in [5.74, 6) is 1.05. The first-order chi connectivity index (χ1) is 15.6. The average Bonchev–Trinajstić information content (AvgIpc) is 3.23. The fourth-order valence-electron chi connectivity index (χ4n) is 4.01. The maximum Gasteiger partial charge on any atom is 0.336 e. The van der Waals surface area contributed by atoms with Crippen molar-refractivity contribution in [2.24, 2.45) is 0 Å². The monoisotopic (exact) mass is 446 g/mol. The molecule has 0 aliphatic heterocycles. The van der Waals surface area contributed by atoms with Crippen molar-refractivity contribution in [3.8, 4) is 0 Å². The second kappa shape index (κ2) is 8.27. The lowest BCUT2D eigenvalue weighted by molar-refractivity contribution is 0.559. The van der Waals surface area contributed by atoms with Gasteiger partial charge in [-0.1, -0.05) is 49.9 Å². The molecular weight excluding hydrogens is 424 g/mol. The zero-order valence-corrected chi connectivity index (χ0v) is 18.7. The Kier molecular flexibility index (Phi) is 5.30. The van der Waals surface area contributed by atoms with Gasteiger partial charge in [-0.15, -0.1) is 10.2 Å². The molecule has 0 spiro atoms. The predicted octanol–water partition coefficient (Wildman–Crippen LogP) is 4.42. The summed E-state index contributed by atoms with van der Waals surface area (Å²) in [6, 6.07) is 15.0. The third-order valence-electron chi connectivity index (χ3n) is 5.59.